The number of amides is 2. The molecule has 0 radical (unpaired) electrons. The molecule has 3 aromatic rings. The maximum atomic E-state index is 13.5. The minimum absolute atomic E-state index is 0.0000822. The van der Waals surface area contributed by atoms with Crippen LogP contribution in [0, 0.1) is 6.92 Å². The van der Waals surface area contributed by atoms with Crippen molar-refractivity contribution in [2.24, 2.45) is 0 Å². The van der Waals surface area contributed by atoms with Gasteiger partial charge in [0.25, 0.3) is 5.91 Å². The number of ether oxygens (including phenoxy) is 1. The van der Waals surface area contributed by atoms with Crippen LogP contribution in [-0.2, 0) is 11.2 Å². The second-order valence-corrected chi connectivity index (χ2v) is 9.07. The number of aryl methyl sites for hydroxylation is 1. The van der Waals surface area contributed by atoms with E-state index in [-0.39, 0.29) is 24.4 Å². The lowest BCUT2D eigenvalue weighted by Crippen LogP contribution is -2.47. The molecular weight excluding hydrogens is 432 g/mol. The summed E-state index contributed by atoms with van der Waals surface area (Å²) >= 11 is 1.72. The monoisotopic (exact) mass is 460 g/mol. The van der Waals surface area contributed by atoms with E-state index < -0.39 is 0 Å². The molecule has 2 aromatic carbocycles. The van der Waals surface area contributed by atoms with Crippen LogP contribution in [0.1, 0.15) is 32.4 Å². The molecule has 0 bridgehead atoms. The number of para-hydroxylation sites is 1. The van der Waals surface area contributed by atoms with E-state index >= 15 is 0 Å². The van der Waals surface area contributed by atoms with Gasteiger partial charge in [0, 0.05) is 23.5 Å². The van der Waals surface area contributed by atoms with E-state index in [0.29, 0.717) is 25.3 Å². The molecule has 0 N–H and O–H groups in total. The third-order valence-corrected chi connectivity index (χ3v) is 6.89. The second kappa shape index (κ2) is 10.5. The Kier molecular flexibility index (Phi) is 7.25. The van der Waals surface area contributed by atoms with Crippen LogP contribution in [0.2, 0.25) is 0 Å². The Morgan fingerprint density at radius 2 is 1.91 bits per heavy atom. The van der Waals surface area contributed by atoms with Crippen molar-refractivity contribution in [1.82, 2.24) is 9.80 Å². The topological polar surface area (TPSA) is 49.9 Å². The summed E-state index contributed by atoms with van der Waals surface area (Å²) in [5, 5.41) is 2.07. The van der Waals surface area contributed by atoms with E-state index in [2.05, 4.69) is 18.0 Å². The predicted octanol–water partition coefficient (Wildman–Crippen LogP) is 4.89. The Balaban J connectivity index is 1.53. The molecule has 0 aliphatic carbocycles. The summed E-state index contributed by atoms with van der Waals surface area (Å²) in [6, 6.07) is 18.8. The van der Waals surface area contributed by atoms with Crippen molar-refractivity contribution in [3.8, 4) is 5.75 Å². The highest BCUT2D eigenvalue weighted by Crippen LogP contribution is 2.34. The normalized spacial score (nSPS) is 14.9. The van der Waals surface area contributed by atoms with Crippen molar-refractivity contribution in [2.45, 2.75) is 19.4 Å². The standard InChI is InChI=1S/C27H28N2O3S/c1-3-15-28(27(31)21-10-5-4-6-11-21)18-26(30)29-16-13-25-22(14-17-33-25)23(29)19-32-24-12-8-7-9-20(24)2/h3-12,14,17,23H,1,13,15-16,18-19H2,2H3/t23-/m0/s1. The van der Waals surface area contributed by atoms with Crippen LogP contribution in [0.3, 0.4) is 0 Å². The van der Waals surface area contributed by atoms with Crippen molar-refractivity contribution in [1.29, 1.82) is 0 Å². The van der Waals surface area contributed by atoms with E-state index in [0.717, 1.165) is 23.3 Å². The molecule has 0 saturated heterocycles. The van der Waals surface area contributed by atoms with Crippen LogP contribution in [0.5, 0.6) is 5.75 Å². The van der Waals surface area contributed by atoms with Gasteiger partial charge in [-0.25, -0.2) is 0 Å². The maximum absolute atomic E-state index is 13.5. The van der Waals surface area contributed by atoms with Gasteiger partial charge in [-0.15, -0.1) is 17.9 Å². The van der Waals surface area contributed by atoms with E-state index in [1.165, 1.54) is 4.88 Å². The van der Waals surface area contributed by atoms with Crippen molar-refractivity contribution >= 4 is 23.2 Å². The van der Waals surface area contributed by atoms with E-state index in [1.807, 2.05) is 54.3 Å². The summed E-state index contributed by atoms with van der Waals surface area (Å²) in [4.78, 5) is 31.2. The number of benzene rings is 2. The number of carbonyl (C=O) groups is 2. The average molecular weight is 461 g/mol. The van der Waals surface area contributed by atoms with Crippen LogP contribution < -0.4 is 4.74 Å². The number of carbonyl (C=O) groups excluding carboxylic acids is 2. The maximum Gasteiger partial charge on any atom is 0.254 e. The van der Waals surface area contributed by atoms with E-state index in [1.54, 1.807) is 34.4 Å². The fraction of sp³-hybridized carbons (Fsp3) is 0.259. The average Bonchev–Trinajstić information content (AvgIpc) is 3.32. The quantitative estimate of drug-likeness (QED) is 0.450. The van der Waals surface area contributed by atoms with Gasteiger partial charge in [-0.1, -0.05) is 42.5 Å². The fourth-order valence-corrected chi connectivity index (χ4v) is 5.08. The van der Waals surface area contributed by atoms with Crippen LogP contribution >= 0.6 is 11.3 Å². The summed E-state index contributed by atoms with van der Waals surface area (Å²) in [5.74, 6) is 0.556. The summed E-state index contributed by atoms with van der Waals surface area (Å²) in [6.45, 7) is 7.06. The van der Waals surface area contributed by atoms with Crippen LogP contribution in [0.25, 0.3) is 0 Å². The van der Waals surface area contributed by atoms with Gasteiger partial charge in [0.15, 0.2) is 0 Å². The summed E-state index contributed by atoms with van der Waals surface area (Å²) in [5.41, 5.74) is 2.76. The second-order valence-electron chi connectivity index (χ2n) is 8.07. The highest BCUT2D eigenvalue weighted by atomic mass is 32.1. The molecule has 0 spiro atoms. The van der Waals surface area contributed by atoms with Gasteiger partial charge in [0.05, 0.1) is 6.04 Å². The number of fused-ring (bicyclic) bond motifs is 1. The zero-order valence-corrected chi connectivity index (χ0v) is 19.6. The number of hydrogen-bond donors (Lipinski definition) is 0. The van der Waals surface area contributed by atoms with E-state index in [9.17, 15) is 9.59 Å². The van der Waals surface area contributed by atoms with Gasteiger partial charge in [-0.05, 0) is 54.1 Å². The van der Waals surface area contributed by atoms with Crippen molar-refractivity contribution in [3.63, 3.8) is 0 Å². The summed E-state index contributed by atoms with van der Waals surface area (Å²) in [7, 11) is 0. The van der Waals surface area contributed by atoms with E-state index in [4.69, 9.17) is 4.74 Å². The summed E-state index contributed by atoms with van der Waals surface area (Å²) < 4.78 is 6.17. The van der Waals surface area contributed by atoms with Crippen molar-refractivity contribution in [2.75, 3.05) is 26.2 Å². The highest BCUT2D eigenvalue weighted by Gasteiger charge is 2.33. The zero-order valence-electron chi connectivity index (χ0n) is 18.8. The molecule has 0 unspecified atom stereocenters. The largest absolute Gasteiger partial charge is 0.491 e. The third kappa shape index (κ3) is 5.17. The van der Waals surface area contributed by atoms with Crippen molar-refractivity contribution in [3.05, 3.63) is 100 Å². The number of hydrogen-bond acceptors (Lipinski definition) is 4. The molecule has 1 atom stereocenters. The first-order chi connectivity index (χ1) is 16.1. The Morgan fingerprint density at radius 1 is 1.15 bits per heavy atom. The molecule has 170 valence electrons. The Bertz CT molecular complexity index is 1130. The zero-order chi connectivity index (χ0) is 23.2. The Labute approximate surface area is 198 Å². The molecule has 5 nitrogen and oxygen atoms in total. The van der Waals surface area contributed by atoms with Crippen LogP contribution in [-0.4, -0.2) is 47.9 Å². The first-order valence-corrected chi connectivity index (χ1v) is 12.0. The molecule has 2 amide bonds. The first-order valence-electron chi connectivity index (χ1n) is 11.1. The van der Waals surface area contributed by atoms with Gasteiger partial charge in [0.1, 0.15) is 18.9 Å². The van der Waals surface area contributed by atoms with Gasteiger partial charge in [-0.3, -0.25) is 9.59 Å². The third-order valence-electron chi connectivity index (χ3n) is 5.89. The Morgan fingerprint density at radius 3 is 2.67 bits per heavy atom. The highest BCUT2D eigenvalue weighted by molar-refractivity contribution is 7.10. The Hall–Kier alpha value is -3.38. The lowest BCUT2D eigenvalue weighted by atomic mass is 10.00. The number of rotatable bonds is 8. The molecule has 33 heavy (non-hydrogen) atoms. The number of thiophene rings is 1. The summed E-state index contributed by atoms with van der Waals surface area (Å²) in [6.07, 6.45) is 2.47. The SMILES string of the molecule is C=CCN(CC(=O)N1CCc2sccc2[C@@H]1COc1ccccc1C)C(=O)c1ccccc1. The predicted molar refractivity (Wildman–Crippen MR) is 132 cm³/mol. The fourth-order valence-electron chi connectivity index (χ4n) is 4.15. The van der Waals surface area contributed by atoms with Gasteiger partial charge < -0.3 is 14.5 Å². The first kappa shape index (κ1) is 22.8. The number of nitrogens with zero attached hydrogens (tertiary/aromatic N) is 2. The molecule has 0 fully saturated rings. The minimum Gasteiger partial charge on any atom is -0.491 e. The molecule has 4 rings (SSSR count). The van der Waals surface area contributed by atoms with Crippen LogP contribution in [0.4, 0.5) is 0 Å². The molecule has 1 aliphatic heterocycles. The molecule has 2 heterocycles. The van der Waals surface area contributed by atoms with Crippen molar-refractivity contribution < 1.29 is 14.3 Å². The van der Waals surface area contributed by atoms with Gasteiger partial charge in [-0.2, -0.15) is 0 Å². The molecular formula is C27H28N2O3S. The molecule has 1 aromatic heterocycles. The molecule has 1 aliphatic rings. The minimum atomic E-state index is -0.190. The van der Waals surface area contributed by atoms with Gasteiger partial charge >= 0.3 is 0 Å². The molecule has 6 heteroatoms. The van der Waals surface area contributed by atoms with Gasteiger partial charge in [0.2, 0.25) is 5.91 Å². The van der Waals surface area contributed by atoms with Crippen LogP contribution in [0.15, 0.2) is 78.7 Å². The lowest BCUT2D eigenvalue weighted by Gasteiger charge is -2.37. The smallest absolute Gasteiger partial charge is 0.254 e. The molecule has 0 saturated carbocycles. The lowest BCUT2D eigenvalue weighted by molar-refractivity contribution is -0.135.